The minimum absolute atomic E-state index is 0.749. The second-order valence-corrected chi connectivity index (χ2v) is 8.52. The van der Waals surface area contributed by atoms with E-state index in [9.17, 15) is 0 Å². The standard InChI is InChI=1S/C24H31N/c1-18(2)23-21-13-14-22(15-21)24(23)25(16-19-9-5-3-6-10-19)17-20-11-7-4-8-12-20/h3-12,18,21-24H,13-17H2,1-2H3. The Morgan fingerprint density at radius 2 is 1.32 bits per heavy atom. The van der Waals surface area contributed by atoms with Crippen molar-refractivity contribution in [3.63, 3.8) is 0 Å². The lowest BCUT2D eigenvalue weighted by Gasteiger charge is -2.42. The molecule has 0 aliphatic heterocycles. The first-order chi connectivity index (χ1) is 12.2. The van der Waals surface area contributed by atoms with Crippen LogP contribution in [0.4, 0.5) is 0 Å². The third-order valence-electron chi connectivity index (χ3n) is 6.58. The SMILES string of the molecule is CC(C)C1C2CCC(C2)C1N(Cc1ccccc1)Cc1ccccc1. The first-order valence-corrected chi connectivity index (χ1v) is 10.0. The van der Waals surface area contributed by atoms with Gasteiger partial charge in [0.2, 0.25) is 0 Å². The molecule has 0 saturated heterocycles. The lowest BCUT2D eigenvalue weighted by molar-refractivity contribution is 0.0576. The van der Waals surface area contributed by atoms with Gasteiger partial charge in [-0.15, -0.1) is 0 Å². The Hall–Kier alpha value is -1.60. The maximum atomic E-state index is 2.80. The van der Waals surface area contributed by atoms with Gasteiger partial charge in [-0.3, -0.25) is 4.90 Å². The van der Waals surface area contributed by atoms with Gasteiger partial charge in [0.1, 0.15) is 0 Å². The fourth-order valence-corrected chi connectivity index (χ4v) is 5.69. The van der Waals surface area contributed by atoms with E-state index in [1.54, 1.807) is 0 Å². The lowest BCUT2D eigenvalue weighted by Crippen LogP contribution is -2.45. The maximum absolute atomic E-state index is 2.80. The zero-order valence-corrected chi connectivity index (χ0v) is 15.6. The van der Waals surface area contributed by atoms with E-state index < -0.39 is 0 Å². The average molecular weight is 334 g/mol. The van der Waals surface area contributed by atoms with Gasteiger partial charge in [0.25, 0.3) is 0 Å². The largest absolute Gasteiger partial charge is 0.291 e. The topological polar surface area (TPSA) is 3.24 Å². The molecule has 2 aromatic carbocycles. The highest BCUT2D eigenvalue weighted by molar-refractivity contribution is 5.18. The summed E-state index contributed by atoms with van der Waals surface area (Å²) >= 11 is 0. The van der Waals surface area contributed by atoms with E-state index in [1.165, 1.54) is 30.4 Å². The van der Waals surface area contributed by atoms with Gasteiger partial charge in [-0.2, -0.15) is 0 Å². The molecule has 0 heterocycles. The van der Waals surface area contributed by atoms with Crippen molar-refractivity contribution in [2.45, 2.75) is 52.2 Å². The van der Waals surface area contributed by atoms with Gasteiger partial charge in [-0.25, -0.2) is 0 Å². The Kier molecular flexibility index (Phi) is 4.94. The molecular formula is C24H31N. The Labute approximate surface area is 153 Å². The second-order valence-electron chi connectivity index (χ2n) is 8.52. The molecule has 2 saturated carbocycles. The Morgan fingerprint density at radius 1 is 0.800 bits per heavy atom. The molecule has 2 fully saturated rings. The first kappa shape index (κ1) is 16.8. The van der Waals surface area contributed by atoms with Crippen LogP contribution in [-0.2, 0) is 13.1 Å². The molecule has 132 valence electrons. The van der Waals surface area contributed by atoms with Crippen LogP contribution >= 0.6 is 0 Å². The van der Waals surface area contributed by atoms with Gasteiger partial charge in [0.05, 0.1) is 0 Å². The van der Waals surface area contributed by atoms with Crippen molar-refractivity contribution in [2.75, 3.05) is 0 Å². The highest BCUT2D eigenvalue weighted by atomic mass is 15.2. The second kappa shape index (κ2) is 7.33. The summed E-state index contributed by atoms with van der Waals surface area (Å²) in [6.45, 7) is 7.04. The highest BCUT2D eigenvalue weighted by Gasteiger charge is 2.50. The smallest absolute Gasteiger partial charge is 0.0240 e. The predicted molar refractivity (Wildman–Crippen MR) is 105 cm³/mol. The maximum Gasteiger partial charge on any atom is 0.0240 e. The molecule has 1 nitrogen and oxygen atoms in total. The van der Waals surface area contributed by atoms with Crippen molar-refractivity contribution in [2.24, 2.45) is 23.7 Å². The normalized spacial score (nSPS) is 28.2. The van der Waals surface area contributed by atoms with Crippen molar-refractivity contribution >= 4 is 0 Å². The van der Waals surface area contributed by atoms with Gasteiger partial charge >= 0.3 is 0 Å². The molecule has 2 aliphatic carbocycles. The number of nitrogens with zero attached hydrogens (tertiary/aromatic N) is 1. The summed E-state index contributed by atoms with van der Waals surface area (Å²) in [4.78, 5) is 2.80. The van der Waals surface area contributed by atoms with Crippen LogP contribution in [0.5, 0.6) is 0 Å². The van der Waals surface area contributed by atoms with Crippen molar-refractivity contribution in [3.05, 3.63) is 71.8 Å². The summed E-state index contributed by atoms with van der Waals surface area (Å²) in [5.41, 5.74) is 2.90. The van der Waals surface area contributed by atoms with E-state index in [4.69, 9.17) is 0 Å². The lowest BCUT2D eigenvalue weighted by atomic mass is 9.76. The van der Waals surface area contributed by atoms with Crippen LogP contribution in [0.3, 0.4) is 0 Å². The fourth-order valence-electron chi connectivity index (χ4n) is 5.69. The molecule has 0 amide bonds. The predicted octanol–water partition coefficient (Wildman–Crippen LogP) is 5.76. The Balaban J connectivity index is 1.62. The number of fused-ring (bicyclic) bond motifs is 2. The zero-order valence-electron chi connectivity index (χ0n) is 15.6. The van der Waals surface area contributed by atoms with Crippen molar-refractivity contribution in [1.29, 1.82) is 0 Å². The molecule has 4 rings (SSSR count). The molecule has 0 radical (unpaired) electrons. The number of hydrogen-bond acceptors (Lipinski definition) is 1. The minimum atomic E-state index is 0.749. The Morgan fingerprint density at radius 3 is 1.84 bits per heavy atom. The molecule has 2 aromatic rings. The van der Waals surface area contributed by atoms with Crippen molar-refractivity contribution in [3.8, 4) is 0 Å². The van der Waals surface area contributed by atoms with Crippen LogP contribution in [0.15, 0.2) is 60.7 Å². The van der Waals surface area contributed by atoms with Gasteiger partial charge in [-0.1, -0.05) is 74.5 Å². The zero-order chi connectivity index (χ0) is 17.2. The van der Waals surface area contributed by atoms with Gasteiger partial charge in [0, 0.05) is 19.1 Å². The van der Waals surface area contributed by atoms with Gasteiger partial charge < -0.3 is 0 Å². The van der Waals surface area contributed by atoms with Crippen molar-refractivity contribution in [1.82, 2.24) is 4.90 Å². The monoisotopic (exact) mass is 333 g/mol. The van der Waals surface area contributed by atoms with E-state index in [0.717, 1.165) is 42.8 Å². The number of rotatable bonds is 6. The van der Waals surface area contributed by atoms with Crippen LogP contribution < -0.4 is 0 Å². The third-order valence-corrected chi connectivity index (χ3v) is 6.58. The van der Waals surface area contributed by atoms with Gasteiger partial charge in [-0.05, 0) is 54.1 Å². The molecule has 4 atom stereocenters. The quantitative estimate of drug-likeness (QED) is 0.649. The minimum Gasteiger partial charge on any atom is -0.291 e. The van der Waals surface area contributed by atoms with Crippen molar-refractivity contribution < 1.29 is 0 Å². The molecule has 0 N–H and O–H groups in total. The van der Waals surface area contributed by atoms with Crippen LogP contribution in [-0.4, -0.2) is 10.9 Å². The summed E-state index contributed by atoms with van der Waals surface area (Å²) < 4.78 is 0. The molecule has 2 bridgehead atoms. The van der Waals surface area contributed by atoms with E-state index in [-0.39, 0.29) is 0 Å². The van der Waals surface area contributed by atoms with Crippen LogP contribution in [0.2, 0.25) is 0 Å². The van der Waals surface area contributed by atoms with E-state index in [2.05, 4.69) is 79.4 Å². The van der Waals surface area contributed by atoms with E-state index in [0.29, 0.717) is 0 Å². The molecule has 1 heteroatoms. The molecule has 2 aliphatic rings. The average Bonchev–Trinajstić information content (AvgIpc) is 3.24. The summed E-state index contributed by atoms with van der Waals surface area (Å²) in [5.74, 6) is 3.52. The fraction of sp³-hybridized carbons (Fsp3) is 0.500. The number of benzene rings is 2. The third kappa shape index (κ3) is 3.53. The molecule has 4 unspecified atom stereocenters. The van der Waals surface area contributed by atoms with Crippen LogP contribution in [0.25, 0.3) is 0 Å². The van der Waals surface area contributed by atoms with E-state index >= 15 is 0 Å². The molecule has 0 spiro atoms. The first-order valence-electron chi connectivity index (χ1n) is 10.0. The highest BCUT2D eigenvalue weighted by Crippen LogP contribution is 2.53. The van der Waals surface area contributed by atoms with E-state index in [1.807, 2.05) is 0 Å². The van der Waals surface area contributed by atoms with Crippen LogP contribution in [0.1, 0.15) is 44.2 Å². The molecule has 0 aromatic heterocycles. The summed E-state index contributed by atoms with van der Waals surface area (Å²) in [5, 5.41) is 0. The summed E-state index contributed by atoms with van der Waals surface area (Å²) in [7, 11) is 0. The van der Waals surface area contributed by atoms with Crippen LogP contribution in [0, 0.1) is 23.7 Å². The summed E-state index contributed by atoms with van der Waals surface area (Å²) in [6, 6.07) is 22.9. The number of hydrogen-bond donors (Lipinski definition) is 0. The molecule has 25 heavy (non-hydrogen) atoms. The van der Waals surface area contributed by atoms with Gasteiger partial charge in [0.15, 0.2) is 0 Å². The summed E-state index contributed by atoms with van der Waals surface area (Å²) in [6.07, 6.45) is 4.38. The Bertz CT molecular complexity index is 622. The molecular weight excluding hydrogens is 302 g/mol.